The molecule has 0 unspecified atom stereocenters. The predicted molar refractivity (Wildman–Crippen MR) is 174 cm³/mol. The number of Topliss-reactive ketones (excluding diaryl/α,β-unsaturated/α-hetero) is 1. The Kier molecular flexibility index (Phi) is 15.1. The number of hydrogen-bond donors (Lipinski definition) is 8. The van der Waals surface area contributed by atoms with Crippen LogP contribution in [0.3, 0.4) is 0 Å². The Balaban J connectivity index is 2.47. The van der Waals surface area contributed by atoms with Crippen molar-refractivity contribution in [1.82, 2.24) is 21.3 Å². The molecule has 1 heterocycles. The number of carboxylic acid groups (broad SMARTS) is 1. The molecule has 0 saturated carbocycles. The first-order valence-corrected chi connectivity index (χ1v) is 15.8. The predicted octanol–water partition coefficient (Wildman–Crippen LogP) is 0.229. The number of nitrogens with zero attached hydrogens (tertiary/aromatic N) is 1. The number of aromatic hydroxyl groups is 1. The lowest BCUT2D eigenvalue weighted by Crippen LogP contribution is -2.57. The number of phenolic OH excluding ortho intramolecular Hbond substituents is 1. The molecule has 1 aliphatic rings. The zero-order valence-corrected chi connectivity index (χ0v) is 27.3. The van der Waals surface area contributed by atoms with Crippen LogP contribution < -0.4 is 32.7 Å². The van der Waals surface area contributed by atoms with Crippen molar-refractivity contribution in [1.29, 1.82) is 0 Å². The lowest BCUT2D eigenvalue weighted by molar-refractivity contribution is -0.141. The first-order chi connectivity index (χ1) is 22.0. The van der Waals surface area contributed by atoms with E-state index in [1.165, 1.54) is 12.1 Å². The van der Waals surface area contributed by atoms with Gasteiger partial charge in [-0.1, -0.05) is 45.7 Å². The Hall–Kier alpha value is -4.69. The number of carboxylic acids is 1. The fraction of sp³-hybridized carbons (Fsp3) is 0.594. The number of hydrogen-bond acceptors (Lipinski definition) is 8. The molecular weight excluding hydrogens is 610 g/mol. The summed E-state index contributed by atoms with van der Waals surface area (Å²) in [7, 11) is 0. The van der Waals surface area contributed by atoms with E-state index < -0.39 is 72.4 Å². The molecule has 4 atom stereocenters. The van der Waals surface area contributed by atoms with Crippen molar-refractivity contribution in [2.45, 2.75) is 96.7 Å². The molecule has 15 heteroatoms. The Morgan fingerprint density at radius 2 is 1.51 bits per heavy atom. The van der Waals surface area contributed by atoms with Gasteiger partial charge in [0, 0.05) is 25.3 Å². The van der Waals surface area contributed by atoms with Crippen LogP contribution in [0.4, 0.5) is 0 Å². The summed E-state index contributed by atoms with van der Waals surface area (Å²) < 4.78 is 0. The molecule has 0 radical (unpaired) electrons. The number of nitrogens with two attached hydrogens (primary N) is 2. The second-order valence-electron chi connectivity index (χ2n) is 13.1. The van der Waals surface area contributed by atoms with E-state index in [4.69, 9.17) is 11.5 Å². The van der Waals surface area contributed by atoms with Crippen molar-refractivity contribution >= 4 is 41.3 Å². The van der Waals surface area contributed by atoms with Crippen LogP contribution >= 0.6 is 0 Å². The number of aliphatic carboxylic acids is 1. The highest BCUT2D eigenvalue weighted by Crippen LogP contribution is 2.23. The third-order valence-corrected chi connectivity index (χ3v) is 7.66. The molecule has 4 amide bonds. The minimum atomic E-state index is -1.57. The summed E-state index contributed by atoms with van der Waals surface area (Å²) in [5.41, 5.74) is 11.4. The maximum atomic E-state index is 13.8. The first kappa shape index (κ1) is 38.5. The van der Waals surface area contributed by atoms with Crippen molar-refractivity contribution in [3.63, 3.8) is 0 Å². The zero-order valence-electron chi connectivity index (χ0n) is 27.3. The largest absolute Gasteiger partial charge is 0.508 e. The highest BCUT2D eigenvalue weighted by Gasteiger charge is 2.33. The third-order valence-electron chi connectivity index (χ3n) is 7.66. The molecule has 1 aromatic carbocycles. The number of benzene rings is 1. The maximum absolute atomic E-state index is 13.8. The molecule has 1 aromatic rings. The van der Waals surface area contributed by atoms with E-state index in [2.05, 4.69) is 47.0 Å². The van der Waals surface area contributed by atoms with Crippen LogP contribution in [0.2, 0.25) is 0 Å². The SMILES string of the molecule is CC(C)(C)CCCC[C@@H]1NC(=O)[C@@H](Cc2ccc(O)cc2)NC(=O)[C@H](CC(=O)O)NC(=O)CNC(=O)[C@H](CCCN=C(N)N)CC1=O. The molecule has 0 aliphatic carbocycles. The summed E-state index contributed by atoms with van der Waals surface area (Å²) in [5.74, 6) is -5.87. The minimum Gasteiger partial charge on any atom is -0.508 e. The lowest BCUT2D eigenvalue weighted by Gasteiger charge is -2.26. The molecule has 10 N–H and O–H groups in total. The Morgan fingerprint density at radius 1 is 0.872 bits per heavy atom. The zero-order chi connectivity index (χ0) is 35.1. The van der Waals surface area contributed by atoms with Crippen LogP contribution in [0.5, 0.6) is 5.75 Å². The van der Waals surface area contributed by atoms with E-state index in [9.17, 15) is 39.0 Å². The van der Waals surface area contributed by atoms with E-state index in [0.717, 1.165) is 12.8 Å². The molecule has 1 fully saturated rings. The van der Waals surface area contributed by atoms with Crippen LogP contribution in [0.1, 0.15) is 77.7 Å². The monoisotopic (exact) mass is 659 g/mol. The standard InChI is InChI=1S/C32H49N7O8/c1-32(2,3)13-5-4-8-22-25(41)16-20(7-6-14-35-31(33)34)28(45)36-18-26(42)37-24(17-27(43)44)30(47)39-23(29(46)38-22)15-19-9-11-21(40)12-10-19/h9-12,20,22-24,40H,4-8,13-18H2,1-3H3,(H,36,45)(H,37,42)(H,38,46)(H,39,47)(H,43,44)(H4,33,34,35)/t20-,22+,23-,24+/m1/s1. The van der Waals surface area contributed by atoms with E-state index in [1.54, 1.807) is 12.1 Å². The number of phenols is 1. The summed E-state index contributed by atoms with van der Waals surface area (Å²) >= 11 is 0. The van der Waals surface area contributed by atoms with E-state index in [-0.39, 0.29) is 49.4 Å². The van der Waals surface area contributed by atoms with Gasteiger partial charge >= 0.3 is 5.97 Å². The van der Waals surface area contributed by atoms with Gasteiger partial charge in [-0.3, -0.25) is 33.8 Å². The van der Waals surface area contributed by atoms with Crippen molar-refractivity contribution < 1.29 is 39.0 Å². The van der Waals surface area contributed by atoms with Crippen molar-refractivity contribution in [3.8, 4) is 5.75 Å². The topological polar surface area (TPSA) is 255 Å². The van der Waals surface area contributed by atoms with Gasteiger partial charge in [-0.2, -0.15) is 0 Å². The summed E-state index contributed by atoms with van der Waals surface area (Å²) in [6.45, 7) is 5.93. The molecule has 2 rings (SSSR count). The number of ketones is 1. The minimum absolute atomic E-state index is 0.00882. The Morgan fingerprint density at radius 3 is 2.13 bits per heavy atom. The van der Waals surface area contributed by atoms with Crippen molar-refractivity contribution in [2.24, 2.45) is 27.8 Å². The molecule has 0 bridgehead atoms. The molecule has 0 aromatic heterocycles. The van der Waals surface area contributed by atoms with Gasteiger partial charge in [-0.25, -0.2) is 0 Å². The number of rotatable bonds is 12. The average molecular weight is 660 g/mol. The average Bonchev–Trinajstić information content (AvgIpc) is 2.97. The van der Waals surface area contributed by atoms with Gasteiger partial charge in [0.05, 0.1) is 19.0 Å². The van der Waals surface area contributed by atoms with Crippen LogP contribution in [0, 0.1) is 11.3 Å². The van der Waals surface area contributed by atoms with E-state index >= 15 is 0 Å². The molecular formula is C32H49N7O8. The van der Waals surface area contributed by atoms with E-state index in [1.807, 2.05) is 0 Å². The quantitative estimate of drug-likeness (QED) is 0.0861. The molecule has 1 aliphatic heterocycles. The molecule has 47 heavy (non-hydrogen) atoms. The number of unbranched alkanes of at least 4 members (excludes halogenated alkanes) is 1. The van der Waals surface area contributed by atoms with Gasteiger partial charge in [-0.15, -0.1) is 0 Å². The number of carbonyl (C=O) groups excluding carboxylic acids is 5. The van der Waals surface area contributed by atoms with Crippen LogP contribution in [-0.2, 0) is 35.2 Å². The summed E-state index contributed by atoms with van der Waals surface area (Å²) in [5, 5.41) is 29.2. The fourth-order valence-corrected chi connectivity index (χ4v) is 5.14. The maximum Gasteiger partial charge on any atom is 0.305 e. The van der Waals surface area contributed by atoms with Gasteiger partial charge in [0.15, 0.2) is 11.7 Å². The van der Waals surface area contributed by atoms with Gasteiger partial charge in [0.25, 0.3) is 0 Å². The lowest BCUT2D eigenvalue weighted by atomic mass is 9.88. The van der Waals surface area contributed by atoms with Crippen LogP contribution in [-0.4, -0.2) is 82.8 Å². The first-order valence-electron chi connectivity index (χ1n) is 15.8. The number of aliphatic imine (C=N–C) groups is 1. The van der Waals surface area contributed by atoms with Gasteiger partial charge in [-0.05, 0) is 48.8 Å². The normalized spacial score (nSPS) is 21.7. The Bertz CT molecular complexity index is 1290. The molecule has 1 saturated heterocycles. The van der Waals surface area contributed by atoms with Gasteiger partial charge in [0.2, 0.25) is 23.6 Å². The summed E-state index contributed by atoms with van der Waals surface area (Å²) in [6.07, 6.45) is 2.00. The van der Waals surface area contributed by atoms with Gasteiger partial charge in [0.1, 0.15) is 17.8 Å². The van der Waals surface area contributed by atoms with Crippen LogP contribution in [0.25, 0.3) is 0 Å². The fourth-order valence-electron chi connectivity index (χ4n) is 5.14. The summed E-state index contributed by atoms with van der Waals surface area (Å²) in [4.78, 5) is 82.3. The van der Waals surface area contributed by atoms with Crippen molar-refractivity contribution in [2.75, 3.05) is 13.1 Å². The number of guanidine groups is 1. The summed E-state index contributed by atoms with van der Waals surface area (Å²) in [6, 6.07) is 2.10. The highest BCUT2D eigenvalue weighted by atomic mass is 16.4. The van der Waals surface area contributed by atoms with Crippen molar-refractivity contribution in [3.05, 3.63) is 29.8 Å². The number of amides is 4. The van der Waals surface area contributed by atoms with Crippen LogP contribution in [0.15, 0.2) is 29.3 Å². The number of nitrogens with one attached hydrogen (secondary N) is 4. The molecule has 260 valence electrons. The third kappa shape index (κ3) is 15.0. The number of carbonyl (C=O) groups is 6. The molecule has 0 spiro atoms. The highest BCUT2D eigenvalue weighted by molar-refractivity contribution is 5.98. The second-order valence-corrected chi connectivity index (χ2v) is 13.1. The smallest absolute Gasteiger partial charge is 0.305 e. The molecule has 15 nitrogen and oxygen atoms in total. The Labute approximate surface area is 274 Å². The van der Waals surface area contributed by atoms with E-state index in [0.29, 0.717) is 18.4 Å². The van der Waals surface area contributed by atoms with Gasteiger partial charge < -0.3 is 42.9 Å². The second kappa shape index (κ2) is 18.5.